The number of ether oxygens (including phenoxy) is 2. The zero-order valence-corrected chi connectivity index (χ0v) is 14.8. The lowest BCUT2D eigenvalue weighted by Crippen LogP contribution is -2.47. The van der Waals surface area contributed by atoms with Gasteiger partial charge in [0.2, 0.25) is 5.91 Å². The highest BCUT2D eigenvalue weighted by Crippen LogP contribution is 2.17. The molecule has 1 atom stereocenters. The second-order valence-electron chi connectivity index (χ2n) is 5.34. The van der Waals surface area contributed by atoms with Crippen molar-refractivity contribution in [2.75, 3.05) is 19.8 Å². The van der Waals surface area contributed by atoms with Gasteiger partial charge in [0, 0.05) is 18.5 Å². The van der Waals surface area contributed by atoms with Crippen LogP contribution in [0.5, 0.6) is 0 Å². The van der Waals surface area contributed by atoms with E-state index in [0.29, 0.717) is 12.1 Å². The third-order valence-corrected chi connectivity index (χ3v) is 3.15. The average Bonchev–Trinajstić information content (AvgIpc) is 2.56. The molecule has 1 amide bonds. The van der Waals surface area contributed by atoms with Gasteiger partial charge in [0.1, 0.15) is 19.3 Å². The van der Waals surface area contributed by atoms with E-state index in [2.05, 4.69) is 19.7 Å². The van der Waals surface area contributed by atoms with Gasteiger partial charge < -0.3 is 14.4 Å². The molecule has 0 saturated carbocycles. The smallest absolute Gasteiger partial charge is 0.329 e. The minimum absolute atomic E-state index is 0.0482. The highest BCUT2D eigenvalue weighted by Gasteiger charge is 2.31. The number of unbranched alkanes of at least 4 members (excludes halogenated alkanes) is 1. The summed E-state index contributed by atoms with van der Waals surface area (Å²) in [6.45, 7) is 20.9. The van der Waals surface area contributed by atoms with E-state index < -0.39 is 12.0 Å². The standard InChI is InChI=1S/C19H28NO4/c1-7-10-11-20(18(21)15(4)5)17(19(22)24-13-9-3)14-16(6)23-12-8-2/h6,8-9,17H,2-4,7,10-14H2,1,5H3. The van der Waals surface area contributed by atoms with Gasteiger partial charge in [-0.1, -0.05) is 45.2 Å². The van der Waals surface area contributed by atoms with Crippen molar-refractivity contribution >= 4 is 11.9 Å². The fourth-order valence-electron chi connectivity index (χ4n) is 1.95. The first kappa shape index (κ1) is 21.7. The summed E-state index contributed by atoms with van der Waals surface area (Å²) in [6, 6.07) is -0.870. The molecule has 0 heterocycles. The molecule has 5 heteroatoms. The lowest BCUT2D eigenvalue weighted by Gasteiger charge is -2.30. The normalized spacial score (nSPS) is 11.1. The lowest BCUT2D eigenvalue weighted by molar-refractivity contribution is -0.153. The molecule has 0 aliphatic heterocycles. The van der Waals surface area contributed by atoms with Gasteiger partial charge in [0.15, 0.2) is 0 Å². The Balaban J connectivity index is 5.37. The molecule has 0 bridgehead atoms. The number of amides is 1. The quantitative estimate of drug-likeness (QED) is 0.225. The van der Waals surface area contributed by atoms with E-state index in [1.54, 1.807) is 13.0 Å². The molecular formula is C19H28NO4. The van der Waals surface area contributed by atoms with Crippen LogP contribution in [0.4, 0.5) is 0 Å². The second kappa shape index (κ2) is 12.2. The Kier molecular flexibility index (Phi) is 11.0. The molecule has 0 rings (SSSR count). The summed E-state index contributed by atoms with van der Waals surface area (Å²) in [7, 11) is 0. The number of hydrogen-bond acceptors (Lipinski definition) is 4. The van der Waals surface area contributed by atoms with E-state index in [0.717, 1.165) is 12.8 Å². The van der Waals surface area contributed by atoms with Crippen molar-refractivity contribution in [3.8, 4) is 0 Å². The van der Waals surface area contributed by atoms with Crippen molar-refractivity contribution in [1.29, 1.82) is 0 Å². The van der Waals surface area contributed by atoms with Crippen LogP contribution in [0.25, 0.3) is 0 Å². The first-order chi connectivity index (χ1) is 11.4. The van der Waals surface area contributed by atoms with Gasteiger partial charge in [-0.15, -0.1) is 0 Å². The zero-order valence-electron chi connectivity index (χ0n) is 14.8. The predicted molar refractivity (Wildman–Crippen MR) is 95.0 cm³/mol. The van der Waals surface area contributed by atoms with Gasteiger partial charge in [-0.05, 0) is 19.9 Å². The third-order valence-electron chi connectivity index (χ3n) is 3.15. The maximum atomic E-state index is 12.5. The van der Waals surface area contributed by atoms with Gasteiger partial charge in [0.05, 0.1) is 5.76 Å². The molecule has 0 saturated heterocycles. The van der Waals surface area contributed by atoms with Gasteiger partial charge in [-0.25, -0.2) is 4.79 Å². The van der Waals surface area contributed by atoms with E-state index in [1.165, 1.54) is 11.0 Å². The summed E-state index contributed by atoms with van der Waals surface area (Å²) in [6.07, 6.45) is 4.68. The topological polar surface area (TPSA) is 55.8 Å². The minimum atomic E-state index is -0.870. The number of esters is 1. The molecule has 0 fully saturated rings. The van der Waals surface area contributed by atoms with E-state index in [-0.39, 0.29) is 31.3 Å². The van der Waals surface area contributed by atoms with Crippen molar-refractivity contribution in [2.24, 2.45) is 0 Å². The summed E-state index contributed by atoms with van der Waals surface area (Å²) < 4.78 is 10.4. The fourth-order valence-corrected chi connectivity index (χ4v) is 1.95. The largest absolute Gasteiger partial charge is 0.494 e. The molecule has 5 nitrogen and oxygen atoms in total. The van der Waals surface area contributed by atoms with E-state index >= 15 is 0 Å². The Morgan fingerprint density at radius 3 is 2.29 bits per heavy atom. The van der Waals surface area contributed by atoms with Crippen LogP contribution in [0, 0.1) is 6.58 Å². The maximum absolute atomic E-state index is 12.5. The van der Waals surface area contributed by atoms with Gasteiger partial charge in [-0.2, -0.15) is 0 Å². The van der Waals surface area contributed by atoms with Crippen LogP contribution < -0.4 is 0 Å². The van der Waals surface area contributed by atoms with Crippen LogP contribution in [-0.2, 0) is 19.1 Å². The second-order valence-corrected chi connectivity index (χ2v) is 5.34. The van der Waals surface area contributed by atoms with Gasteiger partial charge in [0.25, 0.3) is 0 Å². The molecule has 133 valence electrons. The number of rotatable bonds is 13. The number of carbonyl (C=O) groups is 2. The highest BCUT2D eigenvalue weighted by molar-refractivity contribution is 5.95. The molecule has 0 aromatic rings. The van der Waals surface area contributed by atoms with Crippen LogP contribution >= 0.6 is 0 Å². The minimum Gasteiger partial charge on any atom is -0.494 e. The highest BCUT2D eigenvalue weighted by atomic mass is 16.5. The summed E-state index contributed by atoms with van der Waals surface area (Å²) in [5.74, 6) is -0.710. The average molecular weight is 334 g/mol. The molecule has 0 aromatic heterocycles. The molecule has 0 aliphatic rings. The van der Waals surface area contributed by atoms with Gasteiger partial charge in [-0.3, -0.25) is 4.79 Å². The van der Waals surface area contributed by atoms with Crippen LogP contribution in [-0.4, -0.2) is 42.6 Å². The molecule has 0 spiro atoms. The number of carbonyl (C=O) groups excluding carboxylic acids is 2. The SMILES string of the molecule is [CH]=C(CC(C(=O)OCC=C)N(CCCC)C(=O)C(=C)C)OCC=C. The van der Waals surface area contributed by atoms with Crippen molar-refractivity contribution in [1.82, 2.24) is 4.90 Å². The summed E-state index contributed by atoms with van der Waals surface area (Å²) >= 11 is 0. The molecular weight excluding hydrogens is 306 g/mol. The first-order valence-corrected chi connectivity index (χ1v) is 7.97. The Bertz CT molecular complexity index is 482. The van der Waals surface area contributed by atoms with Crippen LogP contribution in [0.2, 0.25) is 0 Å². The number of hydrogen-bond donors (Lipinski definition) is 0. The van der Waals surface area contributed by atoms with Crippen molar-refractivity contribution in [2.45, 2.75) is 39.2 Å². The Hall–Kier alpha value is -2.30. The fraction of sp³-hybridized carbons (Fsp3) is 0.474. The van der Waals surface area contributed by atoms with E-state index in [4.69, 9.17) is 16.1 Å². The summed E-state index contributed by atoms with van der Waals surface area (Å²) in [5, 5.41) is 0. The zero-order chi connectivity index (χ0) is 18.5. The molecule has 1 radical (unpaired) electrons. The molecule has 1 unspecified atom stereocenters. The summed E-state index contributed by atoms with van der Waals surface area (Å²) in [5.41, 5.74) is 0.346. The maximum Gasteiger partial charge on any atom is 0.329 e. The number of nitrogens with zero attached hydrogens (tertiary/aromatic N) is 1. The third kappa shape index (κ3) is 7.81. The lowest BCUT2D eigenvalue weighted by atomic mass is 10.1. The first-order valence-electron chi connectivity index (χ1n) is 7.97. The van der Waals surface area contributed by atoms with Crippen LogP contribution in [0.15, 0.2) is 43.2 Å². The van der Waals surface area contributed by atoms with Crippen molar-refractivity contribution in [3.05, 3.63) is 49.8 Å². The molecule has 0 aliphatic carbocycles. The Morgan fingerprint density at radius 2 is 1.79 bits per heavy atom. The van der Waals surface area contributed by atoms with Crippen LogP contribution in [0.1, 0.15) is 33.1 Å². The van der Waals surface area contributed by atoms with Crippen molar-refractivity contribution < 1.29 is 19.1 Å². The molecule has 0 N–H and O–H groups in total. The summed E-state index contributed by atoms with van der Waals surface area (Å²) in [4.78, 5) is 26.3. The van der Waals surface area contributed by atoms with E-state index in [1.807, 2.05) is 6.92 Å². The van der Waals surface area contributed by atoms with Crippen LogP contribution in [0.3, 0.4) is 0 Å². The monoisotopic (exact) mass is 334 g/mol. The Labute approximate surface area is 145 Å². The molecule has 24 heavy (non-hydrogen) atoms. The molecule has 0 aromatic carbocycles. The van der Waals surface area contributed by atoms with E-state index in [9.17, 15) is 9.59 Å². The predicted octanol–water partition coefficient (Wildman–Crippen LogP) is 3.20. The Morgan fingerprint density at radius 1 is 1.21 bits per heavy atom. The van der Waals surface area contributed by atoms with Gasteiger partial charge >= 0.3 is 5.97 Å². The van der Waals surface area contributed by atoms with Crippen molar-refractivity contribution in [3.63, 3.8) is 0 Å².